The second-order valence-electron chi connectivity index (χ2n) is 5.09. The lowest BCUT2D eigenvalue weighted by molar-refractivity contribution is -0.149. The van der Waals surface area contributed by atoms with Gasteiger partial charge in [-0.1, -0.05) is 25.5 Å². The molecule has 0 radical (unpaired) electrons. The van der Waals surface area contributed by atoms with Crippen molar-refractivity contribution < 1.29 is 9.53 Å². The fourth-order valence-corrected chi connectivity index (χ4v) is 3.17. The van der Waals surface area contributed by atoms with E-state index in [0.29, 0.717) is 6.61 Å². The summed E-state index contributed by atoms with van der Waals surface area (Å²) in [5.74, 6) is 0.148. The fourth-order valence-electron chi connectivity index (χ4n) is 2.78. The fraction of sp³-hybridized carbons (Fsp3) is 0.533. The van der Waals surface area contributed by atoms with Crippen LogP contribution in [0.1, 0.15) is 33.1 Å². The minimum absolute atomic E-state index is 0.129. The van der Waals surface area contributed by atoms with E-state index in [1.165, 1.54) is 0 Å². The number of halogens is 1. The number of hydrogen-bond donors (Lipinski definition) is 1. The average molecular weight is 326 g/mol. The number of ether oxygens (including phenoxy) is 1. The lowest BCUT2D eigenvalue weighted by Crippen LogP contribution is -2.49. The monoisotopic (exact) mass is 325 g/mol. The summed E-state index contributed by atoms with van der Waals surface area (Å²) in [4.78, 5) is 12.4. The van der Waals surface area contributed by atoms with E-state index in [1.807, 2.05) is 31.2 Å². The Morgan fingerprint density at radius 3 is 2.84 bits per heavy atom. The molecule has 0 heterocycles. The predicted octanol–water partition coefficient (Wildman–Crippen LogP) is 3.98. The zero-order valence-electron chi connectivity index (χ0n) is 11.4. The maximum Gasteiger partial charge on any atom is 0.332 e. The Bertz CT molecular complexity index is 463. The molecule has 0 saturated heterocycles. The van der Waals surface area contributed by atoms with Crippen LogP contribution in [0.25, 0.3) is 0 Å². The van der Waals surface area contributed by atoms with Gasteiger partial charge in [-0.05, 0) is 53.7 Å². The van der Waals surface area contributed by atoms with Gasteiger partial charge in [0.2, 0.25) is 0 Å². The molecule has 0 spiro atoms. The van der Waals surface area contributed by atoms with Crippen molar-refractivity contribution in [1.82, 2.24) is 0 Å². The van der Waals surface area contributed by atoms with Gasteiger partial charge in [0.05, 0.1) is 6.61 Å². The van der Waals surface area contributed by atoms with Crippen molar-refractivity contribution >= 4 is 27.6 Å². The molecule has 2 unspecified atom stereocenters. The molecule has 2 atom stereocenters. The Labute approximate surface area is 122 Å². The van der Waals surface area contributed by atoms with Crippen LogP contribution in [0.3, 0.4) is 0 Å². The number of benzene rings is 1. The summed E-state index contributed by atoms with van der Waals surface area (Å²) < 4.78 is 6.27. The van der Waals surface area contributed by atoms with E-state index in [0.717, 1.165) is 29.4 Å². The molecule has 2 rings (SSSR count). The van der Waals surface area contributed by atoms with Gasteiger partial charge < -0.3 is 10.1 Å². The van der Waals surface area contributed by atoms with E-state index in [2.05, 4.69) is 28.2 Å². The molecule has 1 aliphatic rings. The smallest absolute Gasteiger partial charge is 0.332 e. The van der Waals surface area contributed by atoms with Crippen molar-refractivity contribution in [3.63, 3.8) is 0 Å². The first-order valence-electron chi connectivity index (χ1n) is 6.80. The van der Waals surface area contributed by atoms with Gasteiger partial charge in [-0.15, -0.1) is 0 Å². The summed E-state index contributed by atoms with van der Waals surface area (Å²) in [7, 11) is 0. The summed E-state index contributed by atoms with van der Waals surface area (Å²) >= 11 is 3.52. The average Bonchev–Trinajstić information content (AvgIpc) is 2.75. The number of carbonyl (C=O) groups excluding carboxylic acids is 1. The van der Waals surface area contributed by atoms with Crippen LogP contribution in [0.5, 0.6) is 0 Å². The standard InChI is InChI=1S/C15H20BrNO2/c1-3-19-14(18)15(10-6-7-11(15)2)17-13-9-5-4-8-12(13)16/h4-5,8-9,11,17H,3,6-7,10H2,1-2H3. The van der Waals surface area contributed by atoms with Gasteiger partial charge >= 0.3 is 5.97 Å². The van der Waals surface area contributed by atoms with E-state index in [9.17, 15) is 4.79 Å². The van der Waals surface area contributed by atoms with Crippen LogP contribution in [0.15, 0.2) is 28.7 Å². The third-order valence-electron chi connectivity index (χ3n) is 3.92. The van der Waals surface area contributed by atoms with Gasteiger partial charge in [0.25, 0.3) is 0 Å². The normalized spacial score (nSPS) is 26.2. The molecule has 1 aliphatic carbocycles. The molecule has 3 nitrogen and oxygen atoms in total. The molecule has 1 aromatic carbocycles. The molecule has 1 fully saturated rings. The topological polar surface area (TPSA) is 38.3 Å². The zero-order chi connectivity index (χ0) is 13.9. The van der Waals surface area contributed by atoms with Gasteiger partial charge in [0.15, 0.2) is 0 Å². The second-order valence-corrected chi connectivity index (χ2v) is 5.94. The van der Waals surface area contributed by atoms with Crippen LogP contribution in [0, 0.1) is 5.92 Å². The molecule has 4 heteroatoms. The number of hydrogen-bond acceptors (Lipinski definition) is 3. The van der Waals surface area contributed by atoms with Gasteiger partial charge in [-0.3, -0.25) is 0 Å². The Morgan fingerprint density at radius 2 is 2.26 bits per heavy atom. The van der Waals surface area contributed by atoms with Gasteiger partial charge in [-0.2, -0.15) is 0 Å². The molecule has 1 saturated carbocycles. The molecular formula is C15H20BrNO2. The molecule has 0 bridgehead atoms. The number of para-hydroxylation sites is 1. The summed E-state index contributed by atoms with van der Waals surface area (Å²) in [5.41, 5.74) is 0.365. The Morgan fingerprint density at radius 1 is 1.53 bits per heavy atom. The first-order valence-corrected chi connectivity index (χ1v) is 7.59. The predicted molar refractivity (Wildman–Crippen MR) is 80.1 cm³/mol. The van der Waals surface area contributed by atoms with Crippen LogP contribution >= 0.6 is 15.9 Å². The first kappa shape index (κ1) is 14.4. The van der Waals surface area contributed by atoms with Crippen molar-refractivity contribution in [3.05, 3.63) is 28.7 Å². The Hall–Kier alpha value is -1.03. The van der Waals surface area contributed by atoms with Crippen LogP contribution in [-0.2, 0) is 9.53 Å². The molecule has 1 N–H and O–H groups in total. The molecule has 104 valence electrons. The van der Waals surface area contributed by atoms with E-state index in [4.69, 9.17) is 4.74 Å². The van der Waals surface area contributed by atoms with Gasteiger partial charge in [-0.25, -0.2) is 4.79 Å². The van der Waals surface area contributed by atoms with E-state index >= 15 is 0 Å². The summed E-state index contributed by atoms with van der Waals surface area (Å²) in [6, 6.07) is 7.88. The van der Waals surface area contributed by atoms with Crippen LogP contribution in [0.2, 0.25) is 0 Å². The maximum atomic E-state index is 12.4. The highest BCUT2D eigenvalue weighted by atomic mass is 79.9. The quantitative estimate of drug-likeness (QED) is 0.851. The van der Waals surface area contributed by atoms with Crippen molar-refractivity contribution in [3.8, 4) is 0 Å². The zero-order valence-corrected chi connectivity index (χ0v) is 13.0. The SMILES string of the molecule is CCOC(=O)C1(Nc2ccccc2Br)CCCC1C. The first-order chi connectivity index (χ1) is 9.10. The molecule has 19 heavy (non-hydrogen) atoms. The van der Waals surface area contributed by atoms with Gasteiger partial charge in [0.1, 0.15) is 5.54 Å². The minimum atomic E-state index is -0.583. The van der Waals surface area contributed by atoms with Crippen LogP contribution in [-0.4, -0.2) is 18.1 Å². The van der Waals surface area contributed by atoms with E-state index < -0.39 is 5.54 Å². The number of esters is 1. The van der Waals surface area contributed by atoms with Crippen molar-refractivity contribution in [2.75, 3.05) is 11.9 Å². The second kappa shape index (κ2) is 5.95. The lowest BCUT2D eigenvalue weighted by atomic mass is 9.88. The molecular weight excluding hydrogens is 306 g/mol. The van der Waals surface area contributed by atoms with Crippen molar-refractivity contribution in [2.24, 2.45) is 5.92 Å². The molecule has 0 aliphatic heterocycles. The highest BCUT2D eigenvalue weighted by Crippen LogP contribution is 2.40. The van der Waals surface area contributed by atoms with Crippen molar-refractivity contribution in [1.29, 1.82) is 0 Å². The number of rotatable bonds is 4. The number of anilines is 1. The number of carbonyl (C=O) groups is 1. The summed E-state index contributed by atoms with van der Waals surface area (Å²) in [5, 5.41) is 3.44. The van der Waals surface area contributed by atoms with Crippen LogP contribution < -0.4 is 5.32 Å². The lowest BCUT2D eigenvalue weighted by Gasteiger charge is -2.33. The summed E-state index contributed by atoms with van der Waals surface area (Å²) in [6.45, 7) is 4.39. The minimum Gasteiger partial charge on any atom is -0.464 e. The maximum absolute atomic E-state index is 12.4. The highest BCUT2D eigenvalue weighted by molar-refractivity contribution is 9.10. The van der Waals surface area contributed by atoms with E-state index in [-0.39, 0.29) is 11.9 Å². The Kier molecular flexibility index (Phi) is 4.50. The number of nitrogens with one attached hydrogen (secondary N) is 1. The molecule has 0 amide bonds. The Balaban J connectivity index is 2.29. The van der Waals surface area contributed by atoms with Crippen molar-refractivity contribution in [2.45, 2.75) is 38.6 Å². The molecule has 1 aromatic rings. The summed E-state index contributed by atoms with van der Waals surface area (Å²) in [6.07, 6.45) is 2.93. The molecule has 0 aromatic heterocycles. The van der Waals surface area contributed by atoms with E-state index in [1.54, 1.807) is 0 Å². The largest absolute Gasteiger partial charge is 0.464 e. The van der Waals surface area contributed by atoms with Gasteiger partial charge in [0, 0.05) is 10.2 Å². The van der Waals surface area contributed by atoms with Crippen LogP contribution in [0.4, 0.5) is 5.69 Å². The third kappa shape index (κ3) is 2.78. The highest BCUT2D eigenvalue weighted by Gasteiger charge is 2.48. The third-order valence-corrected chi connectivity index (χ3v) is 4.61.